The minimum absolute atomic E-state index is 0.0863. The topological polar surface area (TPSA) is 60.7 Å². The first-order valence-corrected chi connectivity index (χ1v) is 9.61. The number of rotatable bonds is 1. The molecule has 4 aliphatic rings. The highest BCUT2D eigenvalue weighted by molar-refractivity contribution is 5.28. The minimum Gasteiger partial charge on any atom is -0.395 e. The van der Waals surface area contributed by atoms with Crippen LogP contribution in [0.1, 0.15) is 58.8 Å². The van der Waals surface area contributed by atoms with E-state index in [1.807, 2.05) is 0 Å². The molecule has 4 aliphatic carbocycles. The van der Waals surface area contributed by atoms with Gasteiger partial charge in [0.25, 0.3) is 0 Å². The molecule has 130 valence electrons. The van der Waals surface area contributed by atoms with Crippen LogP contribution in [0.15, 0.2) is 11.6 Å². The van der Waals surface area contributed by atoms with Gasteiger partial charge in [0.2, 0.25) is 0 Å². The molecule has 0 heterocycles. The van der Waals surface area contributed by atoms with E-state index in [0.717, 1.165) is 44.9 Å². The Balaban J connectivity index is 1.73. The van der Waals surface area contributed by atoms with Gasteiger partial charge in [-0.1, -0.05) is 25.5 Å². The van der Waals surface area contributed by atoms with Crippen LogP contribution in [-0.2, 0) is 0 Å². The SMILES string of the molecule is C[C@H]1C2=CC[C@@H]3[C@H](CC[C@]4(C)[C@@H](O)CC[C@@H]34)[C@@]2(CO)CC[C@@H]1O. The molecule has 0 aromatic carbocycles. The van der Waals surface area contributed by atoms with Crippen molar-refractivity contribution in [3.8, 4) is 0 Å². The third kappa shape index (κ3) is 1.99. The van der Waals surface area contributed by atoms with E-state index < -0.39 is 0 Å². The van der Waals surface area contributed by atoms with Gasteiger partial charge in [0.15, 0.2) is 0 Å². The largest absolute Gasteiger partial charge is 0.395 e. The summed E-state index contributed by atoms with van der Waals surface area (Å²) in [5.74, 6) is 1.91. The molecular formula is C20H32O3. The summed E-state index contributed by atoms with van der Waals surface area (Å²) in [6, 6.07) is 0. The Bertz CT molecular complexity index is 515. The van der Waals surface area contributed by atoms with Gasteiger partial charge in [-0.2, -0.15) is 0 Å². The van der Waals surface area contributed by atoms with Crippen molar-refractivity contribution in [2.24, 2.45) is 34.5 Å². The van der Waals surface area contributed by atoms with Gasteiger partial charge in [-0.15, -0.1) is 0 Å². The van der Waals surface area contributed by atoms with Crippen molar-refractivity contribution in [1.29, 1.82) is 0 Å². The summed E-state index contributed by atoms with van der Waals surface area (Å²) in [6.45, 7) is 4.65. The van der Waals surface area contributed by atoms with Crippen molar-refractivity contribution in [1.82, 2.24) is 0 Å². The van der Waals surface area contributed by atoms with Crippen LogP contribution < -0.4 is 0 Å². The van der Waals surface area contributed by atoms with Gasteiger partial charge in [-0.3, -0.25) is 0 Å². The summed E-state index contributed by atoms with van der Waals surface area (Å²) in [5.41, 5.74) is 1.32. The van der Waals surface area contributed by atoms with Crippen LogP contribution in [-0.4, -0.2) is 34.1 Å². The van der Waals surface area contributed by atoms with Crippen molar-refractivity contribution in [2.45, 2.75) is 71.0 Å². The summed E-state index contributed by atoms with van der Waals surface area (Å²) in [7, 11) is 0. The summed E-state index contributed by atoms with van der Waals surface area (Å²) in [4.78, 5) is 0. The molecule has 0 bridgehead atoms. The van der Waals surface area contributed by atoms with Crippen molar-refractivity contribution in [3.05, 3.63) is 11.6 Å². The third-order valence-electron chi connectivity index (χ3n) is 8.52. The summed E-state index contributed by atoms with van der Waals surface area (Å²) in [5, 5.41) is 31.2. The van der Waals surface area contributed by atoms with Crippen LogP contribution >= 0.6 is 0 Å². The van der Waals surface area contributed by atoms with Crippen molar-refractivity contribution < 1.29 is 15.3 Å². The van der Waals surface area contributed by atoms with E-state index in [-0.39, 0.29) is 35.6 Å². The lowest BCUT2D eigenvalue weighted by molar-refractivity contribution is -0.0951. The van der Waals surface area contributed by atoms with E-state index in [4.69, 9.17) is 0 Å². The smallest absolute Gasteiger partial charge is 0.0603 e. The average molecular weight is 320 g/mol. The maximum Gasteiger partial charge on any atom is 0.0603 e. The Morgan fingerprint density at radius 1 is 1.09 bits per heavy atom. The molecule has 3 saturated carbocycles. The Hall–Kier alpha value is -0.380. The Morgan fingerprint density at radius 2 is 1.87 bits per heavy atom. The highest BCUT2D eigenvalue weighted by Crippen LogP contribution is 2.65. The van der Waals surface area contributed by atoms with Gasteiger partial charge in [-0.25, -0.2) is 0 Å². The number of hydrogen-bond donors (Lipinski definition) is 3. The fourth-order valence-corrected chi connectivity index (χ4v) is 7.07. The molecule has 0 spiro atoms. The molecule has 3 heteroatoms. The summed E-state index contributed by atoms with van der Waals surface area (Å²) < 4.78 is 0. The van der Waals surface area contributed by atoms with Crippen molar-refractivity contribution in [3.63, 3.8) is 0 Å². The second kappa shape index (κ2) is 5.31. The maximum atomic E-state index is 10.5. The zero-order valence-corrected chi connectivity index (χ0v) is 14.5. The lowest BCUT2D eigenvalue weighted by atomic mass is 9.46. The molecule has 3 nitrogen and oxygen atoms in total. The predicted molar refractivity (Wildman–Crippen MR) is 89.7 cm³/mol. The van der Waals surface area contributed by atoms with Crippen LogP contribution in [0.4, 0.5) is 0 Å². The first kappa shape index (κ1) is 16.1. The van der Waals surface area contributed by atoms with Gasteiger partial charge in [-0.05, 0) is 68.1 Å². The molecule has 3 fully saturated rings. The standard InChI is InChI=1S/C20H32O3/c1-12-14-4-3-13-15-5-6-18(23)19(15,2)9-7-16(13)20(14,11-21)10-8-17(12)22/h4,12-13,15-18,21-23H,3,5-11H2,1-2H3/t12-,13-,15-,16-,17-,18-,19-,20+/m0/s1. The van der Waals surface area contributed by atoms with Crippen LogP contribution in [0, 0.1) is 34.5 Å². The summed E-state index contributed by atoms with van der Waals surface area (Å²) >= 11 is 0. The highest BCUT2D eigenvalue weighted by atomic mass is 16.3. The van der Waals surface area contributed by atoms with Crippen molar-refractivity contribution in [2.75, 3.05) is 6.61 Å². The van der Waals surface area contributed by atoms with Crippen LogP contribution in [0.2, 0.25) is 0 Å². The molecule has 4 rings (SSSR count). The number of hydrogen-bond acceptors (Lipinski definition) is 3. The monoisotopic (exact) mass is 320 g/mol. The Morgan fingerprint density at radius 3 is 2.61 bits per heavy atom. The first-order valence-electron chi connectivity index (χ1n) is 9.61. The van der Waals surface area contributed by atoms with Crippen molar-refractivity contribution >= 4 is 0 Å². The molecule has 0 aromatic heterocycles. The van der Waals surface area contributed by atoms with Crippen LogP contribution in [0.25, 0.3) is 0 Å². The van der Waals surface area contributed by atoms with Crippen LogP contribution in [0.5, 0.6) is 0 Å². The molecule has 0 aliphatic heterocycles. The van der Waals surface area contributed by atoms with E-state index >= 15 is 0 Å². The Labute approximate surface area is 139 Å². The zero-order chi connectivity index (χ0) is 16.4. The lowest BCUT2D eigenvalue weighted by Gasteiger charge is -2.59. The van der Waals surface area contributed by atoms with E-state index in [0.29, 0.717) is 17.8 Å². The molecule has 0 saturated heterocycles. The maximum absolute atomic E-state index is 10.5. The second-order valence-electron chi connectivity index (χ2n) is 9.12. The number of aliphatic hydroxyl groups is 3. The normalized spacial score (nSPS) is 55.6. The van der Waals surface area contributed by atoms with Gasteiger partial charge < -0.3 is 15.3 Å². The van der Waals surface area contributed by atoms with E-state index in [9.17, 15) is 15.3 Å². The van der Waals surface area contributed by atoms with Gasteiger partial charge in [0, 0.05) is 11.3 Å². The Kier molecular flexibility index (Phi) is 3.72. The first-order chi connectivity index (χ1) is 10.9. The van der Waals surface area contributed by atoms with Gasteiger partial charge in [0.1, 0.15) is 0 Å². The highest BCUT2D eigenvalue weighted by Gasteiger charge is 2.60. The average Bonchev–Trinajstić information content (AvgIpc) is 2.86. The fraction of sp³-hybridized carbons (Fsp3) is 0.900. The quantitative estimate of drug-likeness (QED) is 0.651. The zero-order valence-electron chi connectivity index (χ0n) is 14.5. The van der Waals surface area contributed by atoms with E-state index in [2.05, 4.69) is 19.9 Å². The summed E-state index contributed by atoms with van der Waals surface area (Å²) in [6.07, 6.45) is 9.08. The molecule has 0 radical (unpaired) electrons. The van der Waals surface area contributed by atoms with E-state index in [1.165, 1.54) is 5.57 Å². The fourth-order valence-electron chi connectivity index (χ4n) is 7.07. The lowest BCUT2D eigenvalue weighted by Crippen LogP contribution is -2.55. The number of allylic oxidation sites excluding steroid dienone is 1. The van der Waals surface area contributed by atoms with Crippen LogP contribution in [0.3, 0.4) is 0 Å². The van der Waals surface area contributed by atoms with Gasteiger partial charge in [0.05, 0.1) is 18.8 Å². The number of aliphatic hydroxyl groups excluding tert-OH is 3. The molecule has 3 N–H and O–H groups in total. The minimum atomic E-state index is -0.250. The van der Waals surface area contributed by atoms with E-state index in [1.54, 1.807) is 0 Å². The number of fused-ring (bicyclic) bond motifs is 5. The molecule has 0 aromatic rings. The predicted octanol–water partition coefficient (Wildman–Crippen LogP) is 2.89. The molecular weight excluding hydrogens is 288 g/mol. The molecule has 0 amide bonds. The third-order valence-corrected chi connectivity index (χ3v) is 8.52. The molecule has 8 atom stereocenters. The van der Waals surface area contributed by atoms with Gasteiger partial charge >= 0.3 is 0 Å². The second-order valence-corrected chi connectivity index (χ2v) is 9.12. The molecule has 0 unspecified atom stereocenters. The molecule has 23 heavy (non-hydrogen) atoms.